The van der Waals surface area contributed by atoms with Crippen molar-refractivity contribution in [3.63, 3.8) is 0 Å². The van der Waals surface area contributed by atoms with E-state index in [4.69, 9.17) is 9.47 Å². The van der Waals surface area contributed by atoms with Gasteiger partial charge < -0.3 is 9.47 Å². The van der Waals surface area contributed by atoms with Gasteiger partial charge in [0.1, 0.15) is 5.82 Å². The van der Waals surface area contributed by atoms with Gasteiger partial charge in [-0.1, -0.05) is 0 Å². The summed E-state index contributed by atoms with van der Waals surface area (Å²) in [4.78, 5) is 8.20. The van der Waals surface area contributed by atoms with Crippen molar-refractivity contribution < 1.29 is 13.9 Å². The fourth-order valence-electron chi connectivity index (χ4n) is 1.26. The molecule has 1 aromatic carbocycles. The minimum absolute atomic E-state index is 0.246. The van der Waals surface area contributed by atoms with Crippen LogP contribution in [0.15, 0.2) is 18.2 Å². The molecule has 0 spiro atoms. The summed E-state index contributed by atoms with van der Waals surface area (Å²) in [5, 5.41) is 0. The van der Waals surface area contributed by atoms with Gasteiger partial charge in [-0.15, -0.1) is 0 Å². The topological polar surface area (TPSA) is 44.2 Å². The summed E-state index contributed by atoms with van der Waals surface area (Å²) in [6.45, 7) is 0. The number of halogens is 1. The van der Waals surface area contributed by atoms with E-state index in [-0.39, 0.29) is 17.6 Å². The molecular weight excluding hydrogens is 199 g/mol. The van der Waals surface area contributed by atoms with Gasteiger partial charge in [0.05, 0.1) is 25.3 Å². The fraction of sp³-hybridized carbons (Fsp3) is 0.200. The molecule has 0 unspecified atom stereocenters. The van der Waals surface area contributed by atoms with Gasteiger partial charge in [-0.3, -0.25) is 0 Å². The fourth-order valence-corrected chi connectivity index (χ4v) is 1.26. The van der Waals surface area contributed by atoms with E-state index in [0.29, 0.717) is 11.0 Å². The quantitative estimate of drug-likeness (QED) is 0.754. The second-order valence-corrected chi connectivity index (χ2v) is 2.88. The molecule has 0 aliphatic heterocycles. The van der Waals surface area contributed by atoms with Gasteiger partial charge in [0.2, 0.25) is 0 Å². The maximum absolute atomic E-state index is 12.9. The van der Waals surface area contributed by atoms with Gasteiger partial charge in [0, 0.05) is 6.07 Å². The van der Waals surface area contributed by atoms with E-state index >= 15 is 0 Å². The Hall–Kier alpha value is -1.91. The van der Waals surface area contributed by atoms with Crippen molar-refractivity contribution in [3.8, 4) is 11.8 Å². The minimum Gasteiger partial charge on any atom is -0.477 e. The number of nitrogens with zero attached hydrogens (tertiary/aromatic N) is 2. The SMILES string of the molecule is COc1nc2ccc(F)cc2nc1OC. The molecule has 0 radical (unpaired) electrons. The lowest BCUT2D eigenvalue weighted by atomic mass is 10.3. The molecule has 2 rings (SSSR count). The van der Waals surface area contributed by atoms with Crippen molar-refractivity contribution in [2.24, 2.45) is 0 Å². The first kappa shape index (κ1) is 9.64. The van der Waals surface area contributed by atoms with Crippen LogP contribution in [0.25, 0.3) is 11.0 Å². The van der Waals surface area contributed by atoms with Crippen LogP contribution in [0.4, 0.5) is 4.39 Å². The van der Waals surface area contributed by atoms with E-state index < -0.39 is 0 Å². The summed E-state index contributed by atoms with van der Waals surface area (Å²) >= 11 is 0. The molecular formula is C10H9FN2O2. The van der Waals surface area contributed by atoms with E-state index in [1.165, 1.54) is 26.4 Å². The van der Waals surface area contributed by atoms with Crippen LogP contribution in [0.3, 0.4) is 0 Å². The maximum Gasteiger partial charge on any atom is 0.278 e. The van der Waals surface area contributed by atoms with Crippen molar-refractivity contribution in [2.45, 2.75) is 0 Å². The molecule has 0 aliphatic carbocycles. The Morgan fingerprint density at radius 1 is 1.00 bits per heavy atom. The summed E-state index contributed by atoms with van der Waals surface area (Å²) in [6.07, 6.45) is 0. The molecule has 0 fully saturated rings. The Morgan fingerprint density at radius 2 is 1.60 bits per heavy atom. The number of fused-ring (bicyclic) bond motifs is 1. The molecule has 1 heterocycles. The third-order valence-electron chi connectivity index (χ3n) is 1.95. The van der Waals surface area contributed by atoms with Gasteiger partial charge in [0.15, 0.2) is 0 Å². The van der Waals surface area contributed by atoms with Crippen molar-refractivity contribution in [1.29, 1.82) is 0 Å². The highest BCUT2D eigenvalue weighted by atomic mass is 19.1. The minimum atomic E-state index is -0.357. The molecule has 0 atom stereocenters. The standard InChI is InChI=1S/C10H9FN2O2/c1-14-9-10(15-2)13-8-5-6(11)3-4-7(8)12-9/h3-5H,1-2H3. The summed E-state index contributed by atoms with van der Waals surface area (Å²) in [5.74, 6) is 0.177. The number of methoxy groups -OCH3 is 2. The molecule has 0 amide bonds. The summed E-state index contributed by atoms with van der Waals surface area (Å²) in [6, 6.07) is 4.16. The molecule has 0 bridgehead atoms. The zero-order valence-corrected chi connectivity index (χ0v) is 8.32. The van der Waals surface area contributed by atoms with Crippen molar-refractivity contribution >= 4 is 11.0 Å². The van der Waals surface area contributed by atoms with E-state index in [9.17, 15) is 4.39 Å². The van der Waals surface area contributed by atoms with Gasteiger partial charge in [-0.2, -0.15) is 0 Å². The molecule has 4 nitrogen and oxygen atoms in total. The van der Waals surface area contributed by atoms with Gasteiger partial charge in [-0.05, 0) is 12.1 Å². The smallest absolute Gasteiger partial charge is 0.278 e. The van der Waals surface area contributed by atoms with E-state index in [1.54, 1.807) is 6.07 Å². The molecule has 1 aromatic heterocycles. The van der Waals surface area contributed by atoms with Crippen molar-refractivity contribution in [1.82, 2.24) is 9.97 Å². The Bertz CT molecular complexity index is 502. The Labute approximate surface area is 85.7 Å². The number of aromatic nitrogens is 2. The second kappa shape index (κ2) is 3.68. The van der Waals surface area contributed by atoms with Crippen LogP contribution in [0.2, 0.25) is 0 Å². The van der Waals surface area contributed by atoms with Crippen LogP contribution >= 0.6 is 0 Å². The largest absolute Gasteiger partial charge is 0.477 e. The molecule has 0 aliphatic rings. The van der Waals surface area contributed by atoms with Crippen molar-refractivity contribution in [3.05, 3.63) is 24.0 Å². The van der Waals surface area contributed by atoms with Crippen LogP contribution in [-0.2, 0) is 0 Å². The lowest BCUT2D eigenvalue weighted by molar-refractivity contribution is 0.334. The highest BCUT2D eigenvalue weighted by Gasteiger charge is 2.09. The first-order chi connectivity index (χ1) is 7.24. The van der Waals surface area contributed by atoms with E-state index in [0.717, 1.165) is 0 Å². The lowest BCUT2D eigenvalue weighted by Crippen LogP contribution is -1.97. The summed E-state index contributed by atoms with van der Waals surface area (Å²) in [7, 11) is 2.93. The molecule has 5 heteroatoms. The molecule has 0 saturated carbocycles. The average molecular weight is 208 g/mol. The summed E-state index contributed by atoms with van der Waals surface area (Å²) in [5.41, 5.74) is 1.00. The van der Waals surface area contributed by atoms with Crippen LogP contribution in [0, 0.1) is 5.82 Å². The molecule has 2 aromatic rings. The predicted molar refractivity (Wildman–Crippen MR) is 52.6 cm³/mol. The lowest BCUT2D eigenvalue weighted by Gasteiger charge is -2.06. The number of rotatable bonds is 2. The van der Waals surface area contributed by atoms with Crippen LogP contribution in [0.5, 0.6) is 11.8 Å². The highest BCUT2D eigenvalue weighted by molar-refractivity contribution is 5.75. The van der Waals surface area contributed by atoms with Crippen molar-refractivity contribution in [2.75, 3.05) is 14.2 Å². The Morgan fingerprint density at radius 3 is 2.20 bits per heavy atom. The van der Waals surface area contributed by atoms with E-state index in [2.05, 4.69) is 9.97 Å². The number of ether oxygens (including phenoxy) is 2. The first-order valence-corrected chi connectivity index (χ1v) is 4.30. The third kappa shape index (κ3) is 1.68. The molecule has 15 heavy (non-hydrogen) atoms. The highest BCUT2D eigenvalue weighted by Crippen LogP contribution is 2.24. The third-order valence-corrected chi connectivity index (χ3v) is 1.95. The molecule has 0 saturated heterocycles. The van der Waals surface area contributed by atoms with Crippen LogP contribution in [-0.4, -0.2) is 24.2 Å². The van der Waals surface area contributed by atoms with E-state index in [1.807, 2.05) is 0 Å². The normalized spacial score (nSPS) is 10.3. The number of benzene rings is 1. The average Bonchev–Trinajstić information content (AvgIpc) is 2.27. The number of hydrogen-bond acceptors (Lipinski definition) is 4. The van der Waals surface area contributed by atoms with Crippen LogP contribution < -0.4 is 9.47 Å². The zero-order valence-electron chi connectivity index (χ0n) is 8.32. The molecule has 0 N–H and O–H groups in total. The van der Waals surface area contributed by atoms with Crippen LogP contribution in [0.1, 0.15) is 0 Å². The second-order valence-electron chi connectivity index (χ2n) is 2.88. The van der Waals surface area contributed by atoms with Gasteiger partial charge in [0.25, 0.3) is 11.8 Å². The monoisotopic (exact) mass is 208 g/mol. The predicted octanol–water partition coefficient (Wildman–Crippen LogP) is 1.79. The number of hydrogen-bond donors (Lipinski definition) is 0. The Kier molecular flexibility index (Phi) is 2.37. The Balaban J connectivity index is 2.69. The molecule has 78 valence electrons. The van der Waals surface area contributed by atoms with Gasteiger partial charge in [-0.25, -0.2) is 14.4 Å². The summed E-state index contributed by atoms with van der Waals surface area (Å²) < 4.78 is 22.9. The zero-order chi connectivity index (χ0) is 10.8. The van der Waals surface area contributed by atoms with Gasteiger partial charge >= 0.3 is 0 Å². The first-order valence-electron chi connectivity index (χ1n) is 4.30. The maximum atomic E-state index is 12.9.